The van der Waals surface area contributed by atoms with Crippen LogP contribution < -0.4 is 5.32 Å². The molecule has 2 aromatic carbocycles. The van der Waals surface area contributed by atoms with E-state index in [4.69, 9.17) is 17.1 Å². The van der Waals surface area contributed by atoms with Crippen LogP contribution in [-0.4, -0.2) is 41.5 Å². The highest BCUT2D eigenvalue weighted by atomic mass is 16.5. The SMILES string of the molecule is [2H]c1c([2H])c(C(O)C([2H])([2H])NC([2H])([2H])CCCCCOC([2H])([2H])CCCc2ccccc2)c([2H])c(CO)c1O. The third-order valence-electron chi connectivity index (χ3n) is 4.35. The Hall–Kier alpha value is -1.92. The van der Waals surface area contributed by atoms with E-state index in [1.54, 1.807) is 0 Å². The summed E-state index contributed by atoms with van der Waals surface area (Å²) in [7, 11) is 0. The van der Waals surface area contributed by atoms with Crippen LogP contribution in [0.4, 0.5) is 0 Å². The number of rotatable bonds is 16. The lowest BCUT2D eigenvalue weighted by atomic mass is 10.1. The number of nitrogens with one attached hydrogen (secondary N) is 1. The van der Waals surface area contributed by atoms with Gasteiger partial charge in [0.25, 0.3) is 0 Å². The zero-order valence-corrected chi connectivity index (χ0v) is 17.1. The van der Waals surface area contributed by atoms with Gasteiger partial charge in [0.15, 0.2) is 0 Å². The summed E-state index contributed by atoms with van der Waals surface area (Å²) in [6.45, 7) is -7.64. The van der Waals surface area contributed by atoms with Gasteiger partial charge < -0.3 is 25.4 Å². The van der Waals surface area contributed by atoms with Crippen LogP contribution in [0.2, 0.25) is 0 Å². The summed E-state index contributed by atoms with van der Waals surface area (Å²) in [5, 5.41) is 32.0. The molecule has 166 valence electrons. The van der Waals surface area contributed by atoms with Gasteiger partial charge >= 0.3 is 0 Å². The van der Waals surface area contributed by atoms with Gasteiger partial charge in [-0.05, 0) is 61.8 Å². The van der Waals surface area contributed by atoms with E-state index in [-0.39, 0.29) is 19.4 Å². The third-order valence-corrected chi connectivity index (χ3v) is 4.35. The molecule has 5 heteroatoms. The van der Waals surface area contributed by atoms with E-state index in [1.807, 2.05) is 30.3 Å². The smallest absolute Gasteiger partial charge is 0.121 e. The van der Waals surface area contributed by atoms with E-state index in [2.05, 4.69) is 5.32 Å². The fraction of sp³-hybridized carbons (Fsp3) is 0.520. The number of hydrogen-bond donors (Lipinski definition) is 4. The van der Waals surface area contributed by atoms with Crippen molar-refractivity contribution in [2.75, 3.05) is 26.2 Å². The van der Waals surface area contributed by atoms with Crippen molar-refractivity contribution in [3.05, 3.63) is 65.1 Å². The second kappa shape index (κ2) is 15.0. The lowest BCUT2D eigenvalue weighted by molar-refractivity contribution is 0.126. The Labute approximate surface area is 193 Å². The van der Waals surface area contributed by atoms with E-state index in [1.165, 1.54) is 0 Å². The maximum absolute atomic E-state index is 10.6. The molecule has 0 aliphatic rings. The first-order chi connectivity index (χ1) is 18.1. The minimum Gasteiger partial charge on any atom is -0.508 e. The summed E-state index contributed by atoms with van der Waals surface area (Å²) >= 11 is 0. The molecule has 5 nitrogen and oxygen atoms in total. The summed E-state index contributed by atoms with van der Waals surface area (Å²) in [5.74, 6) is -0.809. The Bertz CT molecular complexity index is 1070. The zero-order chi connectivity index (χ0) is 29.4. The molecule has 2 rings (SSSR count). The molecule has 0 heterocycles. The molecule has 0 saturated heterocycles. The van der Waals surface area contributed by atoms with Crippen LogP contribution in [-0.2, 0) is 17.8 Å². The Morgan fingerprint density at radius 2 is 1.83 bits per heavy atom. The van der Waals surface area contributed by atoms with Gasteiger partial charge in [-0.25, -0.2) is 0 Å². The van der Waals surface area contributed by atoms with Crippen LogP contribution in [0.5, 0.6) is 5.75 Å². The molecule has 0 fully saturated rings. The van der Waals surface area contributed by atoms with Crippen LogP contribution in [0.1, 0.15) is 73.7 Å². The maximum atomic E-state index is 10.6. The Morgan fingerprint density at radius 1 is 1.03 bits per heavy atom. The van der Waals surface area contributed by atoms with Crippen molar-refractivity contribution in [2.24, 2.45) is 0 Å². The minimum atomic E-state index is -2.86. The number of aliphatic hydroxyl groups is 2. The van der Waals surface area contributed by atoms with Gasteiger partial charge in [0.1, 0.15) is 5.75 Å². The van der Waals surface area contributed by atoms with E-state index < -0.39 is 67.3 Å². The van der Waals surface area contributed by atoms with Crippen LogP contribution >= 0.6 is 0 Å². The molecule has 0 aliphatic carbocycles. The van der Waals surface area contributed by atoms with Crippen LogP contribution in [0.3, 0.4) is 0 Å². The largest absolute Gasteiger partial charge is 0.508 e. The van der Waals surface area contributed by atoms with Gasteiger partial charge in [0, 0.05) is 30.7 Å². The average Bonchev–Trinajstić information content (AvgIpc) is 2.85. The number of unbranched alkanes of at least 4 members (excludes halogenated alkanes) is 2. The van der Waals surface area contributed by atoms with Crippen molar-refractivity contribution in [3.8, 4) is 5.75 Å². The highest BCUT2D eigenvalue weighted by Crippen LogP contribution is 2.22. The van der Waals surface area contributed by atoms with Crippen molar-refractivity contribution in [3.63, 3.8) is 0 Å². The molecule has 1 unspecified atom stereocenters. The van der Waals surface area contributed by atoms with Gasteiger partial charge in [-0.15, -0.1) is 0 Å². The quantitative estimate of drug-likeness (QED) is 0.305. The van der Waals surface area contributed by atoms with Crippen molar-refractivity contribution in [1.29, 1.82) is 0 Å². The van der Waals surface area contributed by atoms with E-state index in [0.717, 1.165) is 12.0 Å². The van der Waals surface area contributed by atoms with Gasteiger partial charge in [-0.3, -0.25) is 0 Å². The van der Waals surface area contributed by atoms with Crippen molar-refractivity contribution >= 4 is 0 Å². The summed E-state index contributed by atoms with van der Waals surface area (Å²) in [4.78, 5) is 0. The average molecular weight is 425 g/mol. The second-order valence-corrected chi connectivity index (χ2v) is 6.77. The second-order valence-electron chi connectivity index (χ2n) is 6.77. The summed E-state index contributed by atoms with van der Waals surface area (Å²) < 4.78 is 77.7. The molecule has 0 radical (unpaired) electrons. The first-order valence-electron chi connectivity index (χ1n) is 14.7. The molecule has 2 aromatic rings. The molecule has 30 heavy (non-hydrogen) atoms. The number of benzene rings is 2. The number of aliphatic hydroxyl groups excluding tert-OH is 2. The van der Waals surface area contributed by atoms with Crippen molar-refractivity contribution in [2.45, 2.75) is 57.7 Å². The molecule has 1 atom stereocenters. The molecule has 0 spiro atoms. The summed E-state index contributed by atoms with van der Waals surface area (Å²) in [6, 6.07) is 7.50. The lowest BCUT2D eigenvalue weighted by Crippen LogP contribution is -2.22. The standard InChI is InChI=1S/C25H37NO4/c27-20-23-18-22(13-14-24(23)28)25(29)19-26-15-7-1-2-8-16-30-17-9-6-12-21-10-4-3-5-11-21/h3-5,10-11,13-14,18,25-29H,1-2,6-9,12,15-17,19-20H2/i13D,14D,15D2,17D2,18D,19D2. The normalized spacial score (nSPS) is 18.0. The number of aryl methyl sites for hydroxylation is 1. The van der Waals surface area contributed by atoms with E-state index in [0.29, 0.717) is 25.7 Å². The topological polar surface area (TPSA) is 82.0 Å². The third kappa shape index (κ3) is 9.72. The first kappa shape index (κ1) is 14.2. The molecule has 4 N–H and O–H groups in total. The highest BCUT2D eigenvalue weighted by molar-refractivity contribution is 5.36. The molecular weight excluding hydrogens is 378 g/mol. The fourth-order valence-electron chi connectivity index (χ4n) is 2.68. The monoisotopic (exact) mass is 424 g/mol. The molecule has 0 bridgehead atoms. The number of phenols is 1. The van der Waals surface area contributed by atoms with Gasteiger partial charge in [-0.1, -0.05) is 49.2 Å². The van der Waals surface area contributed by atoms with E-state index in [9.17, 15) is 15.3 Å². The number of ether oxygens (including phenoxy) is 1. The number of aromatic hydroxyl groups is 1. The van der Waals surface area contributed by atoms with Gasteiger partial charge in [-0.2, -0.15) is 0 Å². The molecule has 0 aliphatic heterocycles. The first-order valence-corrected chi connectivity index (χ1v) is 10.2. The van der Waals surface area contributed by atoms with E-state index >= 15 is 0 Å². The fourth-order valence-corrected chi connectivity index (χ4v) is 2.68. The summed E-state index contributed by atoms with van der Waals surface area (Å²) in [6.07, 6.45) is 0.512. The van der Waals surface area contributed by atoms with Crippen LogP contribution in [0.25, 0.3) is 0 Å². The van der Waals surface area contributed by atoms with Crippen molar-refractivity contribution in [1.82, 2.24) is 5.32 Å². The van der Waals surface area contributed by atoms with Gasteiger partial charge in [0.05, 0.1) is 19.6 Å². The summed E-state index contributed by atoms with van der Waals surface area (Å²) in [5.41, 5.74) is 0.0458. The van der Waals surface area contributed by atoms with Crippen LogP contribution in [0.15, 0.2) is 48.5 Å². The number of hydrogen-bond acceptors (Lipinski definition) is 5. The minimum absolute atomic E-state index is 0.147. The van der Waals surface area contributed by atoms with Crippen LogP contribution in [0, 0.1) is 0 Å². The lowest BCUT2D eigenvalue weighted by Gasteiger charge is -2.14. The molecular formula is C25H37NO4. The van der Waals surface area contributed by atoms with Crippen molar-refractivity contribution < 1.29 is 32.4 Å². The Balaban J connectivity index is 1.82. The highest BCUT2D eigenvalue weighted by Gasteiger charge is 2.09. The Kier molecular flexibility index (Phi) is 7.08. The zero-order valence-electron chi connectivity index (χ0n) is 26.1. The Morgan fingerprint density at radius 3 is 2.63 bits per heavy atom. The maximum Gasteiger partial charge on any atom is 0.121 e. The molecule has 0 saturated carbocycles. The predicted octanol–water partition coefficient (Wildman–Crippen LogP) is 4.11. The molecule has 0 aromatic heterocycles. The predicted molar refractivity (Wildman–Crippen MR) is 121 cm³/mol. The van der Waals surface area contributed by atoms with Gasteiger partial charge in [0.2, 0.25) is 0 Å². The molecule has 0 amide bonds.